The number of nitrogens with two attached hydrogens (primary N) is 1. The van der Waals surface area contributed by atoms with E-state index < -0.39 is 44.0 Å². The van der Waals surface area contributed by atoms with Gasteiger partial charge in [0.2, 0.25) is 5.91 Å². The molecule has 12 heteroatoms. The van der Waals surface area contributed by atoms with Crippen LogP contribution >= 0.6 is 0 Å². The third-order valence-corrected chi connectivity index (χ3v) is 6.48. The van der Waals surface area contributed by atoms with Crippen LogP contribution in [0, 0.1) is 11.7 Å². The lowest BCUT2D eigenvalue weighted by molar-refractivity contribution is -0.120. The molecular formula is C15H18F4N4O3S. The molecule has 7 nitrogen and oxygen atoms in total. The van der Waals surface area contributed by atoms with Crippen LogP contribution in [-0.4, -0.2) is 38.0 Å². The van der Waals surface area contributed by atoms with E-state index in [4.69, 9.17) is 5.73 Å². The molecule has 1 aliphatic carbocycles. The fourth-order valence-electron chi connectivity index (χ4n) is 3.65. The Morgan fingerprint density at radius 2 is 1.93 bits per heavy atom. The van der Waals surface area contributed by atoms with Crippen LogP contribution in [-0.2, 0) is 14.6 Å². The van der Waals surface area contributed by atoms with Crippen molar-refractivity contribution in [2.24, 2.45) is 11.7 Å². The van der Waals surface area contributed by atoms with E-state index in [-0.39, 0.29) is 17.6 Å². The molecule has 4 atom stereocenters. The molecule has 1 heterocycles. The van der Waals surface area contributed by atoms with Crippen molar-refractivity contribution in [3.05, 3.63) is 24.0 Å². The Bertz CT molecular complexity index is 846. The summed E-state index contributed by atoms with van der Waals surface area (Å²) in [6.45, 7) is 0. The first-order valence-corrected chi connectivity index (χ1v) is 9.67. The SMILES string of the molecule is NC(=O)C1NNC2CCC(Nc3ccc(F)cc3S(=O)(=O)C(F)(F)F)CC21. The number of hydrogen-bond acceptors (Lipinski definition) is 6. The summed E-state index contributed by atoms with van der Waals surface area (Å²) in [5, 5.41) is 2.77. The summed E-state index contributed by atoms with van der Waals surface area (Å²) in [5.74, 6) is -1.85. The van der Waals surface area contributed by atoms with Crippen molar-refractivity contribution in [1.29, 1.82) is 0 Å². The van der Waals surface area contributed by atoms with Crippen molar-refractivity contribution < 1.29 is 30.8 Å². The molecule has 1 saturated carbocycles. The summed E-state index contributed by atoms with van der Waals surface area (Å²) in [4.78, 5) is 10.3. The number of sulfone groups is 1. The quantitative estimate of drug-likeness (QED) is 0.552. The van der Waals surface area contributed by atoms with Gasteiger partial charge in [-0.1, -0.05) is 0 Å². The third kappa shape index (κ3) is 3.73. The van der Waals surface area contributed by atoms with Gasteiger partial charge in [-0.25, -0.2) is 18.2 Å². The fraction of sp³-hybridized carbons (Fsp3) is 0.533. The minimum atomic E-state index is -5.72. The molecule has 1 aliphatic heterocycles. The summed E-state index contributed by atoms with van der Waals surface area (Å²) in [6, 6.07) is 1.15. The summed E-state index contributed by atoms with van der Waals surface area (Å²) in [6.07, 6.45) is 1.49. The van der Waals surface area contributed by atoms with Gasteiger partial charge in [0.1, 0.15) is 16.8 Å². The number of benzene rings is 1. The second kappa shape index (κ2) is 6.91. The Balaban J connectivity index is 1.85. The summed E-state index contributed by atoms with van der Waals surface area (Å²) < 4.78 is 75.8. The highest BCUT2D eigenvalue weighted by atomic mass is 32.2. The van der Waals surface area contributed by atoms with Crippen molar-refractivity contribution in [2.45, 2.75) is 47.8 Å². The highest BCUT2D eigenvalue weighted by Gasteiger charge is 2.48. The minimum Gasteiger partial charge on any atom is -0.381 e. The van der Waals surface area contributed by atoms with Crippen molar-refractivity contribution in [1.82, 2.24) is 10.9 Å². The zero-order chi connectivity index (χ0) is 20.0. The van der Waals surface area contributed by atoms with Crippen LogP contribution in [0.4, 0.5) is 23.2 Å². The van der Waals surface area contributed by atoms with Gasteiger partial charge in [0.15, 0.2) is 0 Å². The van der Waals surface area contributed by atoms with Gasteiger partial charge in [-0.05, 0) is 37.5 Å². The van der Waals surface area contributed by atoms with Gasteiger partial charge >= 0.3 is 5.51 Å². The number of hydrogen-bond donors (Lipinski definition) is 4. The number of rotatable bonds is 4. The molecule has 5 N–H and O–H groups in total. The number of halogens is 4. The lowest BCUT2D eigenvalue weighted by atomic mass is 9.79. The molecule has 3 rings (SSSR count). The molecule has 0 radical (unpaired) electrons. The van der Waals surface area contributed by atoms with E-state index >= 15 is 0 Å². The topological polar surface area (TPSA) is 113 Å². The molecule has 150 valence electrons. The molecular weight excluding hydrogens is 392 g/mol. The fourth-order valence-corrected chi connectivity index (χ4v) is 4.59. The molecule has 1 aromatic carbocycles. The van der Waals surface area contributed by atoms with E-state index in [9.17, 15) is 30.8 Å². The zero-order valence-electron chi connectivity index (χ0n) is 13.9. The zero-order valence-corrected chi connectivity index (χ0v) is 14.7. The van der Waals surface area contributed by atoms with E-state index in [1.54, 1.807) is 0 Å². The number of nitrogens with one attached hydrogen (secondary N) is 3. The first kappa shape index (κ1) is 19.8. The highest BCUT2D eigenvalue weighted by Crippen LogP contribution is 2.37. The maximum absolute atomic E-state index is 13.4. The normalized spacial score (nSPS) is 28.6. The van der Waals surface area contributed by atoms with Crippen LogP contribution < -0.4 is 21.9 Å². The van der Waals surface area contributed by atoms with Crippen molar-refractivity contribution in [2.75, 3.05) is 5.32 Å². The molecule has 0 aromatic heterocycles. The van der Waals surface area contributed by atoms with E-state index in [2.05, 4.69) is 16.2 Å². The maximum atomic E-state index is 13.4. The number of primary amides is 1. The standard InChI is InChI=1S/C15H18F4N4O3S/c16-7-1-3-11(12(5-7)27(25,26)15(17,18)19)21-8-2-4-10-9(6-8)13(14(20)24)23-22-10/h1,3,5,8-10,13,21-23H,2,4,6H2,(H2,20,24). The van der Waals surface area contributed by atoms with Gasteiger partial charge in [0.05, 0.1) is 5.69 Å². The molecule has 0 bridgehead atoms. The lowest BCUT2D eigenvalue weighted by Crippen LogP contribution is -2.44. The predicted molar refractivity (Wildman–Crippen MR) is 87.4 cm³/mol. The Hall–Kier alpha value is -1.92. The van der Waals surface area contributed by atoms with Gasteiger partial charge < -0.3 is 11.1 Å². The number of carbonyl (C=O) groups is 1. The van der Waals surface area contributed by atoms with Crippen LogP contribution in [0.1, 0.15) is 19.3 Å². The molecule has 27 heavy (non-hydrogen) atoms. The Kier molecular flexibility index (Phi) is 5.08. The summed E-state index contributed by atoms with van der Waals surface area (Å²) >= 11 is 0. The van der Waals surface area contributed by atoms with E-state index in [1.165, 1.54) is 0 Å². The first-order valence-electron chi connectivity index (χ1n) is 8.18. The Morgan fingerprint density at radius 1 is 1.22 bits per heavy atom. The van der Waals surface area contributed by atoms with Gasteiger partial charge in [0.25, 0.3) is 9.84 Å². The number of carbonyl (C=O) groups excluding carboxylic acids is 1. The summed E-state index contributed by atoms with van der Waals surface area (Å²) in [7, 11) is -5.72. The number of amides is 1. The third-order valence-electron chi connectivity index (χ3n) is 4.96. The van der Waals surface area contributed by atoms with Crippen molar-refractivity contribution >= 4 is 21.4 Å². The molecule has 1 amide bonds. The van der Waals surface area contributed by atoms with Crippen LogP contribution in [0.5, 0.6) is 0 Å². The first-order chi connectivity index (χ1) is 12.5. The lowest BCUT2D eigenvalue weighted by Gasteiger charge is -2.33. The van der Waals surface area contributed by atoms with E-state index in [0.717, 1.165) is 12.1 Å². The van der Waals surface area contributed by atoms with Crippen LogP contribution in [0.2, 0.25) is 0 Å². The average Bonchev–Trinajstić information content (AvgIpc) is 2.98. The van der Waals surface area contributed by atoms with E-state index in [1.807, 2.05) is 0 Å². The molecule has 1 aromatic rings. The van der Waals surface area contributed by atoms with Gasteiger partial charge in [-0.3, -0.25) is 10.2 Å². The van der Waals surface area contributed by atoms with E-state index in [0.29, 0.717) is 25.3 Å². The van der Waals surface area contributed by atoms with Crippen LogP contribution in [0.25, 0.3) is 0 Å². The van der Waals surface area contributed by atoms with Gasteiger partial charge in [-0.15, -0.1) is 0 Å². The average molecular weight is 410 g/mol. The molecule has 2 aliphatic rings. The smallest absolute Gasteiger partial charge is 0.381 e. The van der Waals surface area contributed by atoms with Crippen molar-refractivity contribution in [3.8, 4) is 0 Å². The van der Waals surface area contributed by atoms with Crippen LogP contribution in [0.15, 0.2) is 23.1 Å². The number of hydrazine groups is 1. The number of anilines is 1. The highest BCUT2D eigenvalue weighted by molar-refractivity contribution is 7.92. The second-order valence-electron chi connectivity index (χ2n) is 6.68. The minimum absolute atomic E-state index is 0.0212. The Labute approximate surface area is 152 Å². The number of alkyl halides is 3. The second-order valence-corrected chi connectivity index (χ2v) is 8.59. The predicted octanol–water partition coefficient (Wildman–Crippen LogP) is 1.03. The van der Waals surface area contributed by atoms with Gasteiger partial charge in [-0.2, -0.15) is 13.2 Å². The molecule has 1 saturated heterocycles. The summed E-state index contributed by atoms with van der Waals surface area (Å²) in [5.41, 5.74) is 5.23. The van der Waals surface area contributed by atoms with Crippen molar-refractivity contribution in [3.63, 3.8) is 0 Å². The van der Waals surface area contributed by atoms with Gasteiger partial charge in [0, 0.05) is 18.0 Å². The maximum Gasteiger partial charge on any atom is 0.501 e. The number of fused-ring (bicyclic) bond motifs is 1. The molecule has 2 fully saturated rings. The largest absolute Gasteiger partial charge is 0.501 e. The monoisotopic (exact) mass is 410 g/mol. The van der Waals surface area contributed by atoms with Crippen LogP contribution in [0.3, 0.4) is 0 Å². The molecule has 0 spiro atoms. The Morgan fingerprint density at radius 3 is 2.56 bits per heavy atom. The molecule has 4 unspecified atom stereocenters.